The molecule has 0 unspecified atom stereocenters. The van der Waals surface area contributed by atoms with E-state index < -0.39 is 0 Å². The molecule has 30 heavy (non-hydrogen) atoms. The highest BCUT2D eigenvalue weighted by atomic mass is 15.3. The molecule has 0 radical (unpaired) electrons. The molecule has 9 nitrogen and oxygen atoms in total. The van der Waals surface area contributed by atoms with Crippen LogP contribution in [0.2, 0.25) is 0 Å². The smallest absolute Gasteiger partial charge is 0.0999 e. The summed E-state index contributed by atoms with van der Waals surface area (Å²) in [6.45, 7) is 0.690. The second-order valence-corrected chi connectivity index (χ2v) is 7.24. The SMILES string of the molecule is Cn1cc(-c2cn3nccc3c(-c3cnn(CC[C@@H](CC#N)CCC#N)c3)n2)cn1. The van der Waals surface area contributed by atoms with Gasteiger partial charge in [-0.1, -0.05) is 0 Å². The minimum Gasteiger partial charge on any atom is -0.275 e. The Bertz CT molecular complexity index is 1230. The van der Waals surface area contributed by atoms with Gasteiger partial charge in [-0.3, -0.25) is 9.36 Å². The maximum absolute atomic E-state index is 9.01. The lowest BCUT2D eigenvalue weighted by atomic mass is 9.97. The Kier molecular flexibility index (Phi) is 5.53. The number of nitrogens with zero attached hydrogens (tertiary/aromatic N) is 9. The molecule has 4 aromatic rings. The lowest BCUT2D eigenvalue weighted by Crippen LogP contribution is -2.06. The highest BCUT2D eigenvalue weighted by Crippen LogP contribution is 2.26. The van der Waals surface area contributed by atoms with Gasteiger partial charge in [0, 0.05) is 50.0 Å². The van der Waals surface area contributed by atoms with Crippen LogP contribution in [0.5, 0.6) is 0 Å². The number of fused-ring (bicyclic) bond motifs is 1. The third-order valence-corrected chi connectivity index (χ3v) is 5.11. The van der Waals surface area contributed by atoms with E-state index in [4.69, 9.17) is 15.5 Å². The molecule has 9 heteroatoms. The molecule has 0 aliphatic heterocycles. The molecule has 4 aromatic heterocycles. The first-order valence-electron chi connectivity index (χ1n) is 9.78. The Morgan fingerprint density at radius 1 is 1.00 bits per heavy atom. The zero-order valence-corrected chi connectivity index (χ0v) is 16.7. The molecule has 0 fully saturated rings. The summed E-state index contributed by atoms with van der Waals surface area (Å²) in [5.74, 6) is 0.205. The summed E-state index contributed by atoms with van der Waals surface area (Å²) >= 11 is 0. The van der Waals surface area contributed by atoms with Gasteiger partial charge in [0.15, 0.2) is 0 Å². The van der Waals surface area contributed by atoms with Crippen LogP contribution >= 0.6 is 0 Å². The summed E-state index contributed by atoms with van der Waals surface area (Å²) in [7, 11) is 1.87. The predicted octanol–water partition coefficient (Wildman–Crippen LogP) is 3.22. The van der Waals surface area contributed by atoms with Gasteiger partial charge in [0.2, 0.25) is 0 Å². The van der Waals surface area contributed by atoms with E-state index in [-0.39, 0.29) is 5.92 Å². The van der Waals surface area contributed by atoms with Crippen molar-refractivity contribution in [3.8, 4) is 34.7 Å². The molecule has 4 heterocycles. The third-order valence-electron chi connectivity index (χ3n) is 5.11. The standard InChI is InChI=1S/C21H21N9/c1-28-13-17(11-25-28)19-15-30-20(5-9-24-30)21(27-19)18-12-26-29(14-18)10-6-16(4-8-23)3-2-7-22/h5,9,11-16H,2-4,6,10H2,1H3/t16-/m1/s1. The van der Waals surface area contributed by atoms with Crippen molar-refractivity contribution in [3.05, 3.63) is 43.2 Å². The number of aryl methyl sites for hydroxylation is 2. The Labute approximate surface area is 173 Å². The Morgan fingerprint density at radius 3 is 2.63 bits per heavy atom. The average Bonchev–Trinajstić information content (AvgIpc) is 3.49. The molecule has 0 aliphatic rings. The fourth-order valence-corrected chi connectivity index (χ4v) is 3.50. The van der Waals surface area contributed by atoms with Crippen LogP contribution in [0, 0.1) is 28.6 Å². The highest BCUT2D eigenvalue weighted by Gasteiger charge is 2.14. The zero-order chi connectivity index (χ0) is 20.9. The van der Waals surface area contributed by atoms with E-state index in [0.29, 0.717) is 19.4 Å². The van der Waals surface area contributed by atoms with Gasteiger partial charge < -0.3 is 0 Å². The average molecular weight is 399 g/mol. The maximum atomic E-state index is 9.01. The summed E-state index contributed by atoms with van der Waals surface area (Å²) in [6, 6.07) is 6.31. The van der Waals surface area contributed by atoms with E-state index in [9.17, 15) is 0 Å². The van der Waals surface area contributed by atoms with Crippen LogP contribution in [0.25, 0.3) is 28.0 Å². The summed E-state index contributed by atoms with van der Waals surface area (Å²) in [4.78, 5) is 4.86. The van der Waals surface area contributed by atoms with Gasteiger partial charge in [-0.05, 0) is 24.8 Å². The first-order chi connectivity index (χ1) is 14.7. The maximum Gasteiger partial charge on any atom is 0.0999 e. The fraction of sp³-hybridized carbons (Fsp3) is 0.333. The van der Waals surface area contributed by atoms with Crippen LogP contribution in [-0.4, -0.2) is 34.2 Å². The summed E-state index contributed by atoms with van der Waals surface area (Å²) in [5.41, 5.74) is 4.31. The van der Waals surface area contributed by atoms with E-state index in [0.717, 1.165) is 40.9 Å². The Morgan fingerprint density at radius 2 is 1.87 bits per heavy atom. The van der Waals surface area contributed by atoms with E-state index in [1.807, 2.05) is 40.9 Å². The zero-order valence-electron chi connectivity index (χ0n) is 16.7. The van der Waals surface area contributed by atoms with Crippen molar-refractivity contribution in [1.29, 1.82) is 10.5 Å². The van der Waals surface area contributed by atoms with Crippen molar-refractivity contribution in [2.45, 2.75) is 32.2 Å². The lowest BCUT2D eigenvalue weighted by Gasteiger charge is -2.11. The second kappa shape index (κ2) is 8.58. The molecule has 4 rings (SSSR count). The largest absolute Gasteiger partial charge is 0.275 e. The first-order valence-corrected chi connectivity index (χ1v) is 9.78. The van der Waals surface area contributed by atoms with Gasteiger partial charge in [0.25, 0.3) is 0 Å². The van der Waals surface area contributed by atoms with Gasteiger partial charge in [0.05, 0.1) is 53.8 Å². The topological polar surface area (TPSA) is 113 Å². The molecule has 0 aliphatic carbocycles. The van der Waals surface area contributed by atoms with Gasteiger partial charge in [-0.2, -0.15) is 25.8 Å². The van der Waals surface area contributed by atoms with Crippen LogP contribution < -0.4 is 0 Å². The Balaban J connectivity index is 1.59. The molecule has 0 saturated heterocycles. The van der Waals surface area contributed by atoms with Crippen LogP contribution in [-0.2, 0) is 13.6 Å². The minimum atomic E-state index is 0.205. The molecule has 0 amide bonds. The number of aromatic nitrogens is 7. The lowest BCUT2D eigenvalue weighted by molar-refractivity contribution is 0.415. The van der Waals surface area contributed by atoms with Crippen LogP contribution in [0.15, 0.2) is 43.2 Å². The summed E-state index contributed by atoms with van der Waals surface area (Å²) in [5, 5.41) is 30.9. The number of hydrogen-bond acceptors (Lipinski definition) is 6. The molecule has 1 atom stereocenters. The summed E-state index contributed by atoms with van der Waals surface area (Å²) < 4.78 is 5.43. The van der Waals surface area contributed by atoms with Crippen LogP contribution in [0.4, 0.5) is 0 Å². The molecular formula is C21H21N9. The van der Waals surface area contributed by atoms with Crippen molar-refractivity contribution < 1.29 is 0 Å². The van der Waals surface area contributed by atoms with E-state index in [1.165, 1.54) is 0 Å². The van der Waals surface area contributed by atoms with Gasteiger partial charge >= 0.3 is 0 Å². The molecule has 0 saturated carbocycles. The highest BCUT2D eigenvalue weighted by molar-refractivity contribution is 5.78. The summed E-state index contributed by atoms with van der Waals surface area (Å²) in [6.07, 6.45) is 13.6. The van der Waals surface area contributed by atoms with E-state index in [1.54, 1.807) is 23.3 Å². The van der Waals surface area contributed by atoms with E-state index in [2.05, 4.69) is 27.4 Å². The second-order valence-electron chi connectivity index (χ2n) is 7.24. The number of rotatable bonds is 8. The van der Waals surface area contributed by atoms with Crippen molar-refractivity contribution in [2.24, 2.45) is 13.0 Å². The minimum absolute atomic E-state index is 0.205. The van der Waals surface area contributed by atoms with Gasteiger partial charge in [-0.15, -0.1) is 0 Å². The quantitative estimate of drug-likeness (QED) is 0.449. The van der Waals surface area contributed by atoms with Crippen LogP contribution in [0.1, 0.15) is 25.7 Å². The van der Waals surface area contributed by atoms with Crippen molar-refractivity contribution in [3.63, 3.8) is 0 Å². The third kappa shape index (κ3) is 4.06. The number of hydrogen-bond donors (Lipinski definition) is 0. The van der Waals surface area contributed by atoms with Gasteiger partial charge in [0.1, 0.15) is 0 Å². The van der Waals surface area contributed by atoms with Crippen molar-refractivity contribution >= 4 is 5.52 Å². The number of nitriles is 2. The first kappa shape index (κ1) is 19.3. The predicted molar refractivity (Wildman–Crippen MR) is 110 cm³/mol. The molecule has 0 bridgehead atoms. The molecule has 150 valence electrons. The Hall–Kier alpha value is -3.98. The molecule has 0 N–H and O–H groups in total. The monoisotopic (exact) mass is 399 g/mol. The van der Waals surface area contributed by atoms with Gasteiger partial charge in [-0.25, -0.2) is 9.50 Å². The van der Waals surface area contributed by atoms with Crippen molar-refractivity contribution in [2.75, 3.05) is 0 Å². The van der Waals surface area contributed by atoms with Crippen molar-refractivity contribution in [1.82, 2.24) is 34.2 Å². The normalized spacial score (nSPS) is 12.0. The molecule has 0 spiro atoms. The fourth-order valence-electron chi connectivity index (χ4n) is 3.50. The van der Waals surface area contributed by atoms with Crippen LogP contribution in [0.3, 0.4) is 0 Å². The molecule has 0 aromatic carbocycles. The molecular weight excluding hydrogens is 378 g/mol. The van der Waals surface area contributed by atoms with E-state index >= 15 is 0 Å².